The van der Waals surface area contributed by atoms with Crippen LogP contribution in [-0.4, -0.2) is 44.6 Å². The molecule has 1 aromatic rings. The molecule has 104 valence electrons. The van der Waals surface area contributed by atoms with Gasteiger partial charge < -0.3 is 4.74 Å². The number of carbonyl (C=O) groups excluding carboxylic acids is 2. The van der Waals surface area contributed by atoms with Crippen molar-refractivity contribution in [2.45, 2.75) is 45.3 Å². The average Bonchev–Trinajstić information content (AvgIpc) is 2.97. The molecule has 2 heterocycles. The molecular weight excluding hydrogens is 246 g/mol. The third-order valence-electron chi connectivity index (χ3n) is 2.92. The van der Waals surface area contributed by atoms with E-state index in [9.17, 15) is 9.59 Å². The van der Waals surface area contributed by atoms with Crippen molar-refractivity contribution >= 4 is 12.0 Å². The summed E-state index contributed by atoms with van der Waals surface area (Å²) in [5.74, 6) is -0.138. The van der Waals surface area contributed by atoms with Crippen molar-refractivity contribution in [1.82, 2.24) is 14.5 Å². The molecule has 0 spiro atoms. The number of carbonyl (C=O) groups is 2. The Morgan fingerprint density at radius 2 is 2.11 bits per heavy atom. The molecule has 1 fully saturated rings. The fraction of sp³-hybridized carbons (Fsp3) is 0.615. The van der Waals surface area contributed by atoms with E-state index < -0.39 is 17.7 Å². The largest absolute Gasteiger partial charge is 0.444 e. The van der Waals surface area contributed by atoms with Crippen LogP contribution in [-0.2, 0) is 4.74 Å². The highest BCUT2D eigenvalue weighted by Gasteiger charge is 2.37. The Balaban J connectivity index is 2.09. The summed E-state index contributed by atoms with van der Waals surface area (Å²) < 4.78 is 6.74. The van der Waals surface area contributed by atoms with Gasteiger partial charge in [0.05, 0.1) is 0 Å². The molecule has 6 heteroatoms. The van der Waals surface area contributed by atoms with Gasteiger partial charge in [-0.05, 0) is 33.6 Å². The molecule has 2 rings (SSSR count). The van der Waals surface area contributed by atoms with Crippen LogP contribution in [0, 0.1) is 0 Å². The topological polar surface area (TPSA) is 64.4 Å². The zero-order valence-corrected chi connectivity index (χ0v) is 11.5. The molecule has 0 aromatic carbocycles. The second kappa shape index (κ2) is 5.03. The van der Waals surface area contributed by atoms with E-state index in [-0.39, 0.29) is 5.91 Å². The first-order chi connectivity index (χ1) is 8.88. The van der Waals surface area contributed by atoms with E-state index in [4.69, 9.17) is 4.74 Å². The molecule has 0 bridgehead atoms. The zero-order chi connectivity index (χ0) is 14.0. The predicted octanol–water partition coefficient (Wildman–Crippen LogP) is 1.92. The van der Waals surface area contributed by atoms with E-state index in [1.165, 1.54) is 15.8 Å². The van der Waals surface area contributed by atoms with Crippen LogP contribution in [0.15, 0.2) is 18.7 Å². The van der Waals surface area contributed by atoms with Gasteiger partial charge >= 0.3 is 6.09 Å². The first-order valence-electron chi connectivity index (χ1n) is 6.40. The van der Waals surface area contributed by atoms with E-state index in [0.717, 1.165) is 6.42 Å². The maximum atomic E-state index is 12.3. The molecule has 0 radical (unpaired) electrons. The molecule has 1 aromatic heterocycles. The van der Waals surface area contributed by atoms with Crippen LogP contribution in [0.5, 0.6) is 0 Å². The van der Waals surface area contributed by atoms with Gasteiger partial charge in [0, 0.05) is 18.9 Å². The number of aromatic nitrogens is 2. The lowest BCUT2D eigenvalue weighted by atomic mass is 10.2. The van der Waals surface area contributed by atoms with Crippen molar-refractivity contribution in [1.29, 1.82) is 0 Å². The van der Waals surface area contributed by atoms with Gasteiger partial charge in [-0.15, -0.1) is 0 Å². The molecule has 0 saturated carbocycles. The normalized spacial score (nSPS) is 19.5. The fourth-order valence-corrected chi connectivity index (χ4v) is 2.12. The highest BCUT2D eigenvalue weighted by Crippen LogP contribution is 2.22. The Morgan fingerprint density at radius 1 is 1.37 bits per heavy atom. The Morgan fingerprint density at radius 3 is 2.68 bits per heavy atom. The van der Waals surface area contributed by atoms with E-state index in [1.54, 1.807) is 12.4 Å². The minimum absolute atomic E-state index is 0.138. The minimum Gasteiger partial charge on any atom is -0.444 e. The number of imidazole rings is 1. The minimum atomic E-state index is -0.553. The van der Waals surface area contributed by atoms with Gasteiger partial charge in [0.1, 0.15) is 18.0 Å². The SMILES string of the molecule is CC(C)(C)OC(=O)N1CCC[C@H]1C(=O)n1ccnc1. The Labute approximate surface area is 112 Å². The second-order valence-corrected chi connectivity index (χ2v) is 5.64. The number of ether oxygens (including phenoxy) is 1. The van der Waals surface area contributed by atoms with Crippen molar-refractivity contribution in [3.05, 3.63) is 18.7 Å². The Kier molecular flexibility index (Phi) is 3.59. The monoisotopic (exact) mass is 265 g/mol. The summed E-state index contributed by atoms with van der Waals surface area (Å²) in [5, 5.41) is 0. The standard InChI is InChI=1S/C13H19N3O3/c1-13(2,3)19-12(18)16-7-4-5-10(16)11(17)15-8-6-14-9-15/h6,8-10H,4-5,7H2,1-3H3/t10-/m0/s1. The molecule has 1 aliphatic rings. The summed E-state index contributed by atoms with van der Waals surface area (Å²) in [6.45, 7) is 6.00. The van der Waals surface area contributed by atoms with Gasteiger partial charge in [-0.2, -0.15) is 0 Å². The number of nitrogens with zero attached hydrogens (tertiary/aromatic N) is 3. The third kappa shape index (κ3) is 3.13. The van der Waals surface area contributed by atoms with Crippen LogP contribution in [0.1, 0.15) is 38.4 Å². The summed E-state index contributed by atoms with van der Waals surface area (Å²) in [4.78, 5) is 29.7. The first-order valence-corrected chi connectivity index (χ1v) is 6.40. The molecule has 0 unspecified atom stereocenters. The summed E-state index contributed by atoms with van der Waals surface area (Å²) >= 11 is 0. The summed E-state index contributed by atoms with van der Waals surface area (Å²) in [6, 6.07) is -0.455. The van der Waals surface area contributed by atoms with Crippen LogP contribution in [0.2, 0.25) is 0 Å². The smallest absolute Gasteiger partial charge is 0.410 e. The summed E-state index contributed by atoms with van der Waals surface area (Å²) in [7, 11) is 0. The van der Waals surface area contributed by atoms with Crippen LogP contribution in [0.3, 0.4) is 0 Å². The first kappa shape index (κ1) is 13.6. The molecular formula is C13H19N3O3. The van der Waals surface area contributed by atoms with E-state index in [2.05, 4.69) is 4.98 Å². The van der Waals surface area contributed by atoms with Gasteiger partial charge in [-0.3, -0.25) is 14.3 Å². The van der Waals surface area contributed by atoms with Crippen molar-refractivity contribution in [2.75, 3.05) is 6.54 Å². The molecule has 19 heavy (non-hydrogen) atoms. The number of hydrogen-bond acceptors (Lipinski definition) is 4. The van der Waals surface area contributed by atoms with Crippen molar-refractivity contribution < 1.29 is 14.3 Å². The zero-order valence-electron chi connectivity index (χ0n) is 11.5. The molecule has 0 aliphatic carbocycles. The van der Waals surface area contributed by atoms with Gasteiger partial charge in [-0.25, -0.2) is 9.78 Å². The molecule has 1 amide bonds. The lowest BCUT2D eigenvalue weighted by Crippen LogP contribution is -2.44. The lowest BCUT2D eigenvalue weighted by molar-refractivity contribution is 0.0210. The van der Waals surface area contributed by atoms with Crippen molar-refractivity contribution in [2.24, 2.45) is 0 Å². The van der Waals surface area contributed by atoms with Crippen LogP contribution in [0.4, 0.5) is 4.79 Å². The molecule has 1 aliphatic heterocycles. The van der Waals surface area contributed by atoms with E-state index in [1.807, 2.05) is 20.8 Å². The lowest BCUT2D eigenvalue weighted by Gasteiger charge is -2.27. The number of amides is 1. The molecule has 6 nitrogen and oxygen atoms in total. The quantitative estimate of drug-likeness (QED) is 0.778. The van der Waals surface area contributed by atoms with Crippen LogP contribution in [0.25, 0.3) is 0 Å². The van der Waals surface area contributed by atoms with Gasteiger partial charge in [0.15, 0.2) is 0 Å². The van der Waals surface area contributed by atoms with Crippen molar-refractivity contribution in [3.8, 4) is 0 Å². The van der Waals surface area contributed by atoms with E-state index >= 15 is 0 Å². The maximum absolute atomic E-state index is 12.3. The molecule has 0 N–H and O–H groups in total. The fourth-order valence-electron chi connectivity index (χ4n) is 2.12. The number of hydrogen-bond donors (Lipinski definition) is 0. The highest BCUT2D eigenvalue weighted by molar-refractivity contribution is 5.88. The summed E-state index contributed by atoms with van der Waals surface area (Å²) in [5.41, 5.74) is -0.553. The summed E-state index contributed by atoms with van der Waals surface area (Å²) in [6.07, 6.45) is 5.64. The van der Waals surface area contributed by atoms with Gasteiger partial charge in [0.2, 0.25) is 0 Å². The average molecular weight is 265 g/mol. The maximum Gasteiger partial charge on any atom is 0.410 e. The molecule has 1 atom stereocenters. The highest BCUT2D eigenvalue weighted by atomic mass is 16.6. The van der Waals surface area contributed by atoms with Crippen LogP contribution < -0.4 is 0 Å². The Bertz CT molecular complexity index is 462. The molecule has 1 saturated heterocycles. The second-order valence-electron chi connectivity index (χ2n) is 5.64. The number of likely N-dealkylation sites (tertiary alicyclic amines) is 1. The number of rotatable bonds is 1. The van der Waals surface area contributed by atoms with Gasteiger partial charge in [-0.1, -0.05) is 0 Å². The Hall–Kier alpha value is -1.85. The van der Waals surface area contributed by atoms with Crippen LogP contribution >= 0.6 is 0 Å². The predicted molar refractivity (Wildman–Crippen MR) is 68.8 cm³/mol. The van der Waals surface area contributed by atoms with Gasteiger partial charge in [0.25, 0.3) is 5.91 Å². The third-order valence-corrected chi connectivity index (χ3v) is 2.92. The van der Waals surface area contributed by atoms with Crippen molar-refractivity contribution in [3.63, 3.8) is 0 Å². The van der Waals surface area contributed by atoms with E-state index in [0.29, 0.717) is 13.0 Å².